The van der Waals surface area contributed by atoms with Crippen LogP contribution >= 0.6 is 11.6 Å². The molecule has 0 aromatic carbocycles. The molecular weight excluding hydrogens is 216 g/mol. The first-order valence-corrected chi connectivity index (χ1v) is 5.47. The van der Waals surface area contributed by atoms with E-state index in [9.17, 15) is 9.59 Å². The van der Waals surface area contributed by atoms with Gasteiger partial charge in [0.2, 0.25) is 5.91 Å². The van der Waals surface area contributed by atoms with E-state index in [0.29, 0.717) is 0 Å². The molecule has 3 amide bonds. The summed E-state index contributed by atoms with van der Waals surface area (Å²) in [6.45, 7) is 7.93. The molecule has 0 bridgehead atoms. The summed E-state index contributed by atoms with van der Waals surface area (Å²) in [5, 5.41) is 4.91. The van der Waals surface area contributed by atoms with Gasteiger partial charge in [-0.1, -0.05) is 20.8 Å². The lowest BCUT2D eigenvalue weighted by Gasteiger charge is -2.27. The lowest BCUT2D eigenvalue weighted by atomic mass is 9.88. The first-order chi connectivity index (χ1) is 6.77. The summed E-state index contributed by atoms with van der Waals surface area (Å²) in [6.07, 6.45) is 0.152. The molecule has 0 aromatic rings. The van der Waals surface area contributed by atoms with Gasteiger partial charge in [-0.2, -0.15) is 0 Å². The summed E-state index contributed by atoms with van der Waals surface area (Å²) in [6, 6.07) is -0.478. The monoisotopic (exact) mass is 234 g/mol. The van der Waals surface area contributed by atoms with Crippen LogP contribution in [0.25, 0.3) is 0 Å². The van der Waals surface area contributed by atoms with Crippen molar-refractivity contribution in [2.45, 2.75) is 40.2 Å². The quantitative estimate of drug-likeness (QED) is 0.733. The third-order valence-electron chi connectivity index (χ3n) is 2.22. The Morgan fingerprint density at radius 3 is 2.27 bits per heavy atom. The molecule has 0 heterocycles. The Labute approximate surface area is 95.7 Å². The molecule has 1 atom stereocenters. The Morgan fingerprint density at radius 2 is 1.87 bits per heavy atom. The number of hydrogen-bond donors (Lipinski definition) is 2. The summed E-state index contributed by atoms with van der Waals surface area (Å²) in [5.41, 5.74) is -0.0348. The van der Waals surface area contributed by atoms with Gasteiger partial charge < -0.3 is 5.32 Å². The molecule has 0 aliphatic rings. The normalized spacial score (nSPS) is 13.1. The van der Waals surface area contributed by atoms with Gasteiger partial charge >= 0.3 is 6.03 Å². The Kier molecular flexibility index (Phi) is 5.65. The molecule has 0 fully saturated rings. The summed E-state index contributed by atoms with van der Waals surface area (Å²) in [4.78, 5) is 22.3. The van der Waals surface area contributed by atoms with Crippen molar-refractivity contribution in [3.8, 4) is 0 Å². The zero-order valence-corrected chi connectivity index (χ0v) is 10.4. The zero-order valence-electron chi connectivity index (χ0n) is 9.69. The van der Waals surface area contributed by atoms with Gasteiger partial charge in [-0.25, -0.2) is 4.79 Å². The molecule has 5 heteroatoms. The van der Waals surface area contributed by atoms with Crippen molar-refractivity contribution >= 4 is 23.5 Å². The lowest BCUT2D eigenvalue weighted by molar-refractivity contribution is -0.119. The number of nitrogens with one attached hydrogen (secondary N) is 2. The number of hydrogen-bond acceptors (Lipinski definition) is 2. The fraction of sp³-hybridized carbons (Fsp3) is 0.800. The van der Waals surface area contributed by atoms with Crippen LogP contribution in [0, 0.1) is 5.41 Å². The van der Waals surface area contributed by atoms with Gasteiger partial charge in [-0.15, -0.1) is 11.6 Å². The Hall–Kier alpha value is -0.770. The van der Waals surface area contributed by atoms with E-state index in [1.54, 1.807) is 0 Å². The van der Waals surface area contributed by atoms with Gasteiger partial charge in [0.05, 0.1) is 0 Å². The van der Waals surface area contributed by atoms with Gasteiger partial charge in [-0.05, 0) is 12.3 Å². The molecule has 0 aliphatic heterocycles. The van der Waals surface area contributed by atoms with E-state index in [2.05, 4.69) is 10.6 Å². The highest BCUT2D eigenvalue weighted by atomic mass is 35.5. The molecule has 15 heavy (non-hydrogen) atoms. The molecule has 0 spiro atoms. The van der Waals surface area contributed by atoms with Crippen molar-refractivity contribution in [1.82, 2.24) is 10.6 Å². The zero-order chi connectivity index (χ0) is 12.1. The standard InChI is InChI=1S/C10H19ClN2O2/c1-7(10(2,3)4)12-9(15)13-8(14)5-6-11/h7H,5-6H2,1-4H3,(H2,12,13,14,15). The topological polar surface area (TPSA) is 58.2 Å². The number of alkyl halides is 1. The maximum Gasteiger partial charge on any atom is 0.321 e. The van der Waals surface area contributed by atoms with Gasteiger partial charge in [0.1, 0.15) is 0 Å². The van der Waals surface area contributed by atoms with Crippen LogP contribution in [0.4, 0.5) is 4.79 Å². The van der Waals surface area contributed by atoms with E-state index in [0.717, 1.165) is 0 Å². The predicted octanol–water partition coefficient (Wildman–Crippen LogP) is 1.88. The molecule has 2 N–H and O–H groups in total. The number of amides is 3. The third-order valence-corrected chi connectivity index (χ3v) is 2.41. The van der Waals surface area contributed by atoms with E-state index < -0.39 is 6.03 Å². The second-order valence-electron chi connectivity index (χ2n) is 4.55. The van der Waals surface area contributed by atoms with Gasteiger partial charge in [-0.3, -0.25) is 10.1 Å². The number of urea groups is 1. The van der Waals surface area contributed by atoms with Crippen LogP contribution in [0.1, 0.15) is 34.1 Å². The minimum absolute atomic E-state index is 0.0127. The minimum Gasteiger partial charge on any atom is -0.335 e. The second kappa shape index (κ2) is 5.95. The van der Waals surface area contributed by atoms with E-state index >= 15 is 0 Å². The maximum absolute atomic E-state index is 11.3. The number of halogens is 1. The number of imide groups is 1. The highest BCUT2D eigenvalue weighted by Crippen LogP contribution is 2.18. The molecule has 88 valence electrons. The predicted molar refractivity (Wildman–Crippen MR) is 60.9 cm³/mol. The average molecular weight is 235 g/mol. The summed E-state index contributed by atoms with van der Waals surface area (Å²) >= 11 is 5.37. The molecule has 0 radical (unpaired) electrons. The van der Waals surface area contributed by atoms with Crippen molar-refractivity contribution < 1.29 is 9.59 Å². The SMILES string of the molecule is CC(NC(=O)NC(=O)CCCl)C(C)(C)C. The van der Waals surface area contributed by atoms with Gasteiger partial charge in [0, 0.05) is 18.3 Å². The number of carbonyl (C=O) groups is 2. The largest absolute Gasteiger partial charge is 0.335 e. The average Bonchev–Trinajstić information content (AvgIpc) is 2.01. The molecular formula is C10H19ClN2O2. The van der Waals surface area contributed by atoms with Crippen molar-refractivity contribution in [3.05, 3.63) is 0 Å². The first-order valence-electron chi connectivity index (χ1n) is 4.93. The van der Waals surface area contributed by atoms with Gasteiger partial charge in [0.15, 0.2) is 0 Å². The van der Waals surface area contributed by atoms with Crippen molar-refractivity contribution in [3.63, 3.8) is 0 Å². The first kappa shape index (κ1) is 14.2. The number of rotatable bonds is 3. The van der Waals surface area contributed by atoms with Crippen molar-refractivity contribution in [1.29, 1.82) is 0 Å². The Balaban J connectivity index is 3.99. The maximum atomic E-state index is 11.3. The fourth-order valence-corrected chi connectivity index (χ4v) is 0.896. The van der Waals surface area contributed by atoms with Crippen molar-refractivity contribution in [2.75, 3.05) is 5.88 Å². The highest BCUT2D eigenvalue weighted by Gasteiger charge is 2.22. The molecule has 4 nitrogen and oxygen atoms in total. The molecule has 1 unspecified atom stereocenters. The molecule has 0 aromatic heterocycles. The van der Waals surface area contributed by atoms with E-state index in [1.165, 1.54) is 0 Å². The third kappa shape index (κ3) is 6.33. The smallest absolute Gasteiger partial charge is 0.321 e. The van der Waals surface area contributed by atoms with Crippen molar-refractivity contribution in [2.24, 2.45) is 5.41 Å². The second-order valence-corrected chi connectivity index (χ2v) is 4.93. The van der Waals surface area contributed by atoms with Crippen LogP contribution in [-0.4, -0.2) is 23.9 Å². The summed E-state index contributed by atoms with van der Waals surface area (Å²) in [7, 11) is 0. The van der Waals surface area contributed by atoms with E-state index in [1.807, 2.05) is 27.7 Å². The van der Waals surface area contributed by atoms with E-state index in [-0.39, 0.29) is 29.7 Å². The van der Waals surface area contributed by atoms with Crippen LogP contribution < -0.4 is 10.6 Å². The Morgan fingerprint density at radius 1 is 1.33 bits per heavy atom. The summed E-state index contributed by atoms with van der Waals surface area (Å²) in [5.74, 6) is -0.142. The molecule has 0 saturated heterocycles. The number of carbonyl (C=O) groups excluding carboxylic acids is 2. The molecule has 0 aliphatic carbocycles. The van der Waals surface area contributed by atoms with Crippen LogP contribution in [0.2, 0.25) is 0 Å². The summed E-state index contributed by atoms with van der Waals surface area (Å²) < 4.78 is 0. The Bertz CT molecular complexity index is 236. The molecule has 0 rings (SSSR count). The van der Waals surface area contributed by atoms with E-state index in [4.69, 9.17) is 11.6 Å². The fourth-order valence-electron chi connectivity index (χ4n) is 0.724. The van der Waals surface area contributed by atoms with Crippen LogP contribution in [0.3, 0.4) is 0 Å². The minimum atomic E-state index is -0.465. The van der Waals surface area contributed by atoms with Crippen LogP contribution in [0.15, 0.2) is 0 Å². The lowest BCUT2D eigenvalue weighted by Crippen LogP contribution is -2.48. The highest BCUT2D eigenvalue weighted by molar-refractivity contribution is 6.19. The molecule has 0 saturated carbocycles. The van der Waals surface area contributed by atoms with Crippen LogP contribution in [0.5, 0.6) is 0 Å². The van der Waals surface area contributed by atoms with Crippen LogP contribution in [-0.2, 0) is 4.79 Å². The van der Waals surface area contributed by atoms with Gasteiger partial charge in [0.25, 0.3) is 0 Å².